The molecule has 7 heteroatoms. The molecule has 0 aliphatic carbocycles. The van der Waals surface area contributed by atoms with E-state index in [9.17, 15) is 18.0 Å². The van der Waals surface area contributed by atoms with Crippen molar-refractivity contribution in [2.24, 2.45) is 0 Å². The number of pyridine rings is 1. The van der Waals surface area contributed by atoms with Gasteiger partial charge in [0.2, 0.25) is 0 Å². The molecule has 0 fully saturated rings. The number of alkyl halides is 3. The number of carbonyl (C=O) groups excluding carboxylic acids is 1. The molecule has 0 spiro atoms. The van der Waals surface area contributed by atoms with Crippen LogP contribution in [0.5, 0.6) is 0 Å². The topological polar surface area (TPSA) is 45.2 Å². The highest BCUT2D eigenvalue weighted by molar-refractivity contribution is 5.93. The van der Waals surface area contributed by atoms with Crippen molar-refractivity contribution in [1.82, 2.24) is 15.2 Å². The molecule has 26 heavy (non-hydrogen) atoms. The fourth-order valence-corrected chi connectivity index (χ4v) is 3.06. The summed E-state index contributed by atoms with van der Waals surface area (Å²) in [6, 6.07) is 10.4. The van der Waals surface area contributed by atoms with Crippen LogP contribution in [0.1, 0.15) is 34.1 Å². The zero-order valence-corrected chi connectivity index (χ0v) is 14.4. The number of aromatic nitrogens is 1. The first kappa shape index (κ1) is 18.4. The fraction of sp³-hybridized carbons (Fsp3) is 0.368. The Morgan fingerprint density at radius 3 is 2.62 bits per heavy atom. The van der Waals surface area contributed by atoms with Gasteiger partial charge in [0, 0.05) is 31.9 Å². The molecule has 0 unspecified atom stereocenters. The molecule has 0 radical (unpaired) electrons. The molecule has 1 atom stereocenters. The van der Waals surface area contributed by atoms with Crippen molar-refractivity contribution in [3.63, 3.8) is 0 Å². The van der Waals surface area contributed by atoms with Crippen molar-refractivity contribution in [3.8, 4) is 0 Å². The van der Waals surface area contributed by atoms with Gasteiger partial charge in [-0.3, -0.25) is 14.7 Å². The first-order valence-corrected chi connectivity index (χ1v) is 8.47. The Kier molecular flexibility index (Phi) is 5.27. The Morgan fingerprint density at radius 1 is 1.23 bits per heavy atom. The van der Waals surface area contributed by atoms with Crippen LogP contribution in [-0.2, 0) is 19.1 Å². The number of rotatable bonds is 4. The van der Waals surface area contributed by atoms with Crippen LogP contribution in [0.4, 0.5) is 13.2 Å². The molecule has 2 aromatic rings. The molecular weight excluding hydrogens is 343 g/mol. The molecule has 1 aromatic carbocycles. The standard InChI is InChI=1S/C19H20F3N3O/c1-13(25-9-8-14-4-2-3-5-16(14)12-25)10-24-18(26)15-6-7-17(23-11-15)19(20,21)22/h2-7,11,13H,8-10,12H2,1H3,(H,24,26)/t13-/m0/s1. The van der Waals surface area contributed by atoms with Crippen LogP contribution in [0.25, 0.3) is 0 Å². The predicted octanol–water partition coefficient (Wildman–Crippen LogP) is 3.28. The molecule has 0 saturated carbocycles. The molecule has 1 aliphatic rings. The monoisotopic (exact) mass is 363 g/mol. The molecule has 2 heterocycles. The Bertz CT molecular complexity index is 774. The lowest BCUT2D eigenvalue weighted by atomic mass is 9.99. The van der Waals surface area contributed by atoms with Gasteiger partial charge in [-0.05, 0) is 36.6 Å². The van der Waals surface area contributed by atoms with Gasteiger partial charge < -0.3 is 5.32 Å². The number of nitrogens with one attached hydrogen (secondary N) is 1. The van der Waals surface area contributed by atoms with E-state index in [4.69, 9.17) is 0 Å². The largest absolute Gasteiger partial charge is 0.433 e. The number of hydrogen-bond acceptors (Lipinski definition) is 3. The molecular formula is C19H20F3N3O. The van der Waals surface area contributed by atoms with E-state index in [0.717, 1.165) is 37.8 Å². The third-order valence-electron chi connectivity index (χ3n) is 4.66. The lowest BCUT2D eigenvalue weighted by Gasteiger charge is -2.33. The van der Waals surface area contributed by atoms with Gasteiger partial charge in [0.05, 0.1) is 5.56 Å². The Morgan fingerprint density at radius 2 is 1.96 bits per heavy atom. The average molecular weight is 363 g/mol. The summed E-state index contributed by atoms with van der Waals surface area (Å²) in [5.74, 6) is -0.421. The first-order chi connectivity index (χ1) is 12.3. The summed E-state index contributed by atoms with van der Waals surface area (Å²) in [5.41, 5.74) is 1.77. The van der Waals surface area contributed by atoms with E-state index in [2.05, 4.69) is 27.3 Å². The fourth-order valence-electron chi connectivity index (χ4n) is 3.06. The van der Waals surface area contributed by atoms with E-state index >= 15 is 0 Å². The third-order valence-corrected chi connectivity index (χ3v) is 4.66. The van der Waals surface area contributed by atoms with Gasteiger partial charge in [0.25, 0.3) is 5.91 Å². The minimum atomic E-state index is -4.51. The lowest BCUT2D eigenvalue weighted by Crippen LogP contribution is -2.44. The van der Waals surface area contributed by atoms with E-state index in [0.29, 0.717) is 6.54 Å². The molecule has 1 N–H and O–H groups in total. The average Bonchev–Trinajstić information content (AvgIpc) is 2.64. The summed E-state index contributed by atoms with van der Waals surface area (Å²) in [4.78, 5) is 17.7. The second-order valence-electron chi connectivity index (χ2n) is 6.48. The third kappa shape index (κ3) is 4.22. The smallest absolute Gasteiger partial charge is 0.350 e. The number of fused-ring (bicyclic) bond motifs is 1. The summed E-state index contributed by atoms with van der Waals surface area (Å²) < 4.78 is 37.6. The second kappa shape index (κ2) is 7.45. The van der Waals surface area contributed by atoms with Gasteiger partial charge in [0.15, 0.2) is 0 Å². The quantitative estimate of drug-likeness (QED) is 0.907. The molecule has 3 rings (SSSR count). The first-order valence-electron chi connectivity index (χ1n) is 8.47. The van der Waals surface area contributed by atoms with Crippen LogP contribution >= 0.6 is 0 Å². The number of benzene rings is 1. The van der Waals surface area contributed by atoms with Gasteiger partial charge in [-0.1, -0.05) is 24.3 Å². The van der Waals surface area contributed by atoms with Crippen LogP contribution < -0.4 is 5.32 Å². The van der Waals surface area contributed by atoms with Gasteiger partial charge in [-0.15, -0.1) is 0 Å². The Labute approximate surface area is 150 Å². The van der Waals surface area contributed by atoms with Crippen molar-refractivity contribution in [3.05, 3.63) is 65.0 Å². The molecule has 0 saturated heterocycles. The van der Waals surface area contributed by atoms with Crippen molar-refractivity contribution >= 4 is 5.91 Å². The van der Waals surface area contributed by atoms with Crippen LogP contribution in [0.2, 0.25) is 0 Å². The number of carbonyl (C=O) groups is 1. The SMILES string of the molecule is C[C@@H](CNC(=O)c1ccc(C(F)(F)F)nc1)N1CCc2ccccc2C1. The van der Waals surface area contributed by atoms with Gasteiger partial charge in [-0.25, -0.2) is 0 Å². The summed E-state index contributed by atoms with van der Waals surface area (Å²) in [7, 11) is 0. The van der Waals surface area contributed by atoms with Crippen molar-refractivity contribution in [2.45, 2.75) is 32.1 Å². The Hall–Kier alpha value is -2.41. The zero-order chi connectivity index (χ0) is 18.7. The maximum absolute atomic E-state index is 12.5. The minimum Gasteiger partial charge on any atom is -0.350 e. The van der Waals surface area contributed by atoms with E-state index in [1.165, 1.54) is 11.1 Å². The van der Waals surface area contributed by atoms with Crippen LogP contribution in [0.15, 0.2) is 42.6 Å². The number of hydrogen-bond donors (Lipinski definition) is 1. The maximum Gasteiger partial charge on any atom is 0.433 e. The number of nitrogens with zero attached hydrogens (tertiary/aromatic N) is 2. The summed E-state index contributed by atoms with van der Waals surface area (Å²) in [6.45, 7) is 4.19. The molecule has 1 aliphatic heterocycles. The van der Waals surface area contributed by atoms with Gasteiger partial charge >= 0.3 is 6.18 Å². The second-order valence-corrected chi connectivity index (χ2v) is 6.48. The maximum atomic E-state index is 12.5. The molecule has 138 valence electrons. The minimum absolute atomic E-state index is 0.120. The zero-order valence-electron chi connectivity index (χ0n) is 14.4. The molecule has 1 aromatic heterocycles. The summed E-state index contributed by atoms with van der Waals surface area (Å²) >= 11 is 0. The normalized spacial score (nSPS) is 16.0. The molecule has 1 amide bonds. The van der Waals surface area contributed by atoms with Gasteiger partial charge in [0.1, 0.15) is 5.69 Å². The summed E-state index contributed by atoms with van der Waals surface area (Å²) in [5, 5.41) is 2.78. The van der Waals surface area contributed by atoms with E-state index < -0.39 is 17.8 Å². The van der Waals surface area contributed by atoms with Crippen LogP contribution in [0.3, 0.4) is 0 Å². The number of halogens is 3. The van der Waals surface area contributed by atoms with Crippen molar-refractivity contribution in [2.75, 3.05) is 13.1 Å². The molecule has 0 bridgehead atoms. The van der Waals surface area contributed by atoms with E-state index in [-0.39, 0.29) is 11.6 Å². The highest BCUT2D eigenvalue weighted by Crippen LogP contribution is 2.27. The number of amides is 1. The highest BCUT2D eigenvalue weighted by Gasteiger charge is 2.32. The van der Waals surface area contributed by atoms with Crippen LogP contribution in [-0.4, -0.2) is 34.9 Å². The highest BCUT2D eigenvalue weighted by atomic mass is 19.4. The molecule has 4 nitrogen and oxygen atoms in total. The predicted molar refractivity (Wildman–Crippen MR) is 91.6 cm³/mol. The van der Waals surface area contributed by atoms with Crippen molar-refractivity contribution < 1.29 is 18.0 Å². The van der Waals surface area contributed by atoms with E-state index in [1.807, 2.05) is 19.1 Å². The van der Waals surface area contributed by atoms with Crippen molar-refractivity contribution in [1.29, 1.82) is 0 Å². The lowest BCUT2D eigenvalue weighted by molar-refractivity contribution is -0.141. The van der Waals surface area contributed by atoms with E-state index in [1.54, 1.807) is 0 Å². The summed E-state index contributed by atoms with van der Waals surface area (Å²) in [6.07, 6.45) is -2.58. The van der Waals surface area contributed by atoms with Crippen LogP contribution in [0, 0.1) is 0 Å². The van der Waals surface area contributed by atoms with Gasteiger partial charge in [-0.2, -0.15) is 13.2 Å². The Balaban J connectivity index is 1.54.